The van der Waals surface area contributed by atoms with Gasteiger partial charge in [0.2, 0.25) is 11.8 Å². The van der Waals surface area contributed by atoms with E-state index in [9.17, 15) is 14.5 Å². The number of nitrogen functional groups attached to an aromatic ring is 2. The normalized spacial score (nSPS) is 10.6. The summed E-state index contributed by atoms with van der Waals surface area (Å²) in [5.41, 5.74) is 11.1. The number of anilines is 2. The molecule has 4 N–H and O–H groups in total. The molecular formula is C12H11ClFN5O2. The van der Waals surface area contributed by atoms with Crippen LogP contribution in [-0.4, -0.2) is 14.9 Å². The van der Waals surface area contributed by atoms with Gasteiger partial charge in [0, 0.05) is 17.0 Å². The van der Waals surface area contributed by atoms with Crippen molar-refractivity contribution in [3.63, 3.8) is 0 Å². The number of rotatable bonds is 3. The fraction of sp³-hybridized carbons (Fsp3) is 0.167. The molecule has 0 spiro atoms. The predicted molar refractivity (Wildman–Crippen MR) is 76.5 cm³/mol. The van der Waals surface area contributed by atoms with Crippen LogP contribution >= 0.6 is 11.6 Å². The van der Waals surface area contributed by atoms with Crippen LogP contribution in [0.4, 0.5) is 21.8 Å². The standard InChI is InChI=1S/C12H11ClFN5O2/c1-5-2-3-7(14)6(9(5)13)4-8-10(19(20)21)11(15)18-12(16)17-8/h2-3H,4H2,1H3,(H4,15,16,17,18). The van der Waals surface area contributed by atoms with Crippen molar-refractivity contribution in [2.75, 3.05) is 11.5 Å². The second-order valence-electron chi connectivity index (χ2n) is 4.35. The summed E-state index contributed by atoms with van der Waals surface area (Å²) in [7, 11) is 0. The molecule has 0 aliphatic heterocycles. The lowest BCUT2D eigenvalue weighted by Crippen LogP contribution is -2.10. The average molecular weight is 312 g/mol. The molecule has 0 fully saturated rings. The molecule has 2 rings (SSSR count). The Balaban J connectivity index is 2.60. The Hall–Kier alpha value is -2.48. The predicted octanol–water partition coefficient (Wildman–Crippen LogP) is 2.24. The molecule has 0 bridgehead atoms. The monoisotopic (exact) mass is 311 g/mol. The van der Waals surface area contributed by atoms with Crippen LogP contribution in [0, 0.1) is 22.9 Å². The maximum Gasteiger partial charge on any atom is 0.332 e. The number of halogens is 2. The molecule has 1 aromatic heterocycles. The number of aromatic nitrogens is 2. The molecular weight excluding hydrogens is 301 g/mol. The minimum absolute atomic E-state index is 0.0867. The molecule has 0 atom stereocenters. The number of aryl methyl sites for hydroxylation is 1. The van der Waals surface area contributed by atoms with Crippen molar-refractivity contribution in [1.82, 2.24) is 9.97 Å². The minimum atomic E-state index is -0.730. The van der Waals surface area contributed by atoms with Crippen LogP contribution < -0.4 is 11.5 Å². The molecule has 0 saturated heterocycles. The number of nitrogens with two attached hydrogens (primary N) is 2. The summed E-state index contributed by atoms with van der Waals surface area (Å²) >= 11 is 6.04. The van der Waals surface area contributed by atoms with Gasteiger partial charge >= 0.3 is 5.69 Å². The van der Waals surface area contributed by atoms with E-state index in [2.05, 4.69) is 9.97 Å². The lowest BCUT2D eigenvalue weighted by Gasteiger charge is -2.09. The van der Waals surface area contributed by atoms with Crippen LogP contribution in [0.3, 0.4) is 0 Å². The molecule has 2 aromatic rings. The lowest BCUT2D eigenvalue weighted by molar-refractivity contribution is -0.385. The van der Waals surface area contributed by atoms with E-state index in [0.717, 1.165) is 0 Å². The number of hydrogen-bond donors (Lipinski definition) is 2. The van der Waals surface area contributed by atoms with Gasteiger partial charge in [-0.3, -0.25) is 10.1 Å². The van der Waals surface area contributed by atoms with Crippen molar-refractivity contribution in [2.45, 2.75) is 13.3 Å². The van der Waals surface area contributed by atoms with Gasteiger partial charge < -0.3 is 11.5 Å². The number of nitro groups is 1. The van der Waals surface area contributed by atoms with Crippen molar-refractivity contribution in [3.05, 3.63) is 49.9 Å². The van der Waals surface area contributed by atoms with Crippen LogP contribution in [0.2, 0.25) is 5.02 Å². The molecule has 0 aliphatic rings. The Morgan fingerprint density at radius 1 is 1.38 bits per heavy atom. The van der Waals surface area contributed by atoms with Gasteiger partial charge in [-0.15, -0.1) is 0 Å². The molecule has 0 radical (unpaired) electrons. The SMILES string of the molecule is Cc1ccc(F)c(Cc2nc(N)nc(N)c2[N+](=O)[O-])c1Cl. The number of nitrogens with zero attached hydrogens (tertiary/aromatic N) is 3. The molecule has 1 aromatic carbocycles. The third-order valence-electron chi connectivity index (χ3n) is 2.91. The molecule has 0 aliphatic carbocycles. The van der Waals surface area contributed by atoms with Crippen LogP contribution in [0.1, 0.15) is 16.8 Å². The van der Waals surface area contributed by atoms with E-state index in [0.29, 0.717) is 5.56 Å². The van der Waals surface area contributed by atoms with Crippen LogP contribution in [0.15, 0.2) is 12.1 Å². The highest BCUT2D eigenvalue weighted by atomic mass is 35.5. The van der Waals surface area contributed by atoms with E-state index in [1.807, 2.05) is 0 Å². The van der Waals surface area contributed by atoms with Crippen molar-refractivity contribution in [1.29, 1.82) is 0 Å². The van der Waals surface area contributed by atoms with E-state index in [4.69, 9.17) is 23.1 Å². The Kier molecular flexibility index (Phi) is 3.90. The maximum absolute atomic E-state index is 13.9. The molecule has 0 amide bonds. The first-order valence-electron chi connectivity index (χ1n) is 5.81. The number of hydrogen-bond acceptors (Lipinski definition) is 6. The van der Waals surface area contributed by atoms with Crippen molar-refractivity contribution < 1.29 is 9.31 Å². The second-order valence-corrected chi connectivity index (χ2v) is 4.73. The van der Waals surface area contributed by atoms with Crippen molar-refractivity contribution >= 4 is 29.1 Å². The first kappa shape index (κ1) is 14.9. The van der Waals surface area contributed by atoms with Gasteiger partial charge in [-0.05, 0) is 18.6 Å². The van der Waals surface area contributed by atoms with Gasteiger partial charge in [-0.1, -0.05) is 17.7 Å². The summed E-state index contributed by atoms with van der Waals surface area (Å²) in [5.74, 6) is -1.18. The first-order valence-corrected chi connectivity index (χ1v) is 6.18. The first-order chi connectivity index (χ1) is 9.81. The van der Waals surface area contributed by atoms with Gasteiger partial charge in [0.25, 0.3) is 0 Å². The topological polar surface area (TPSA) is 121 Å². The quantitative estimate of drug-likeness (QED) is 0.662. The largest absolute Gasteiger partial charge is 0.378 e. The third kappa shape index (κ3) is 2.84. The summed E-state index contributed by atoms with van der Waals surface area (Å²) in [6.45, 7) is 1.70. The van der Waals surface area contributed by atoms with Gasteiger partial charge in [-0.25, -0.2) is 9.37 Å². The van der Waals surface area contributed by atoms with E-state index >= 15 is 0 Å². The van der Waals surface area contributed by atoms with E-state index < -0.39 is 16.4 Å². The molecule has 0 unspecified atom stereocenters. The van der Waals surface area contributed by atoms with Gasteiger partial charge in [0.05, 0.1) is 4.92 Å². The molecule has 1 heterocycles. The van der Waals surface area contributed by atoms with E-state index in [-0.39, 0.29) is 34.5 Å². The number of benzene rings is 1. The molecule has 9 heteroatoms. The second kappa shape index (κ2) is 5.49. The summed E-state index contributed by atoms with van der Waals surface area (Å²) < 4.78 is 13.9. The van der Waals surface area contributed by atoms with Crippen LogP contribution in [0.5, 0.6) is 0 Å². The summed E-state index contributed by atoms with van der Waals surface area (Å²) in [5, 5.41) is 11.2. The summed E-state index contributed by atoms with van der Waals surface area (Å²) in [6.07, 6.45) is -0.209. The van der Waals surface area contributed by atoms with E-state index in [1.165, 1.54) is 12.1 Å². The van der Waals surface area contributed by atoms with Crippen LogP contribution in [0.25, 0.3) is 0 Å². The van der Waals surface area contributed by atoms with Gasteiger partial charge in [-0.2, -0.15) is 4.98 Å². The molecule has 0 saturated carbocycles. The summed E-state index contributed by atoms with van der Waals surface area (Å²) in [6, 6.07) is 2.74. The fourth-order valence-electron chi connectivity index (χ4n) is 1.91. The zero-order chi connectivity index (χ0) is 15.7. The Morgan fingerprint density at radius 2 is 2.05 bits per heavy atom. The summed E-state index contributed by atoms with van der Waals surface area (Å²) in [4.78, 5) is 17.6. The highest BCUT2D eigenvalue weighted by molar-refractivity contribution is 6.32. The Bertz CT molecular complexity index is 738. The molecule has 7 nitrogen and oxygen atoms in total. The van der Waals surface area contributed by atoms with Crippen molar-refractivity contribution in [2.24, 2.45) is 0 Å². The van der Waals surface area contributed by atoms with E-state index in [1.54, 1.807) is 6.92 Å². The fourth-order valence-corrected chi connectivity index (χ4v) is 2.13. The van der Waals surface area contributed by atoms with Crippen molar-refractivity contribution in [3.8, 4) is 0 Å². The average Bonchev–Trinajstić information content (AvgIpc) is 2.38. The molecule has 110 valence electrons. The third-order valence-corrected chi connectivity index (χ3v) is 3.43. The van der Waals surface area contributed by atoms with Crippen LogP contribution in [-0.2, 0) is 6.42 Å². The zero-order valence-electron chi connectivity index (χ0n) is 10.9. The van der Waals surface area contributed by atoms with Gasteiger partial charge in [0.15, 0.2) is 0 Å². The Labute approximate surface area is 123 Å². The zero-order valence-corrected chi connectivity index (χ0v) is 11.7. The Morgan fingerprint density at radius 3 is 2.67 bits per heavy atom. The lowest BCUT2D eigenvalue weighted by atomic mass is 10.0. The smallest absolute Gasteiger partial charge is 0.332 e. The molecule has 21 heavy (non-hydrogen) atoms. The highest BCUT2D eigenvalue weighted by Gasteiger charge is 2.24. The van der Waals surface area contributed by atoms with Gasteiger partial charge in [0.1, 0.15) is 11.5 Å². The maximum atomic E-state index is 13.9. The highest BCUT2D eigenvalue weighted by Crippen LogP contribution is 2.30. The minimum Gasteiger partial charge on any atom is -0.378 e.